The zero-order chi connectivity index (χ0) is 24.3. The molecule has 0 N–H and O–H groups in total. The molecule has 6 aromatic carbocycles. The van der Waals surface area contributed by atoms with E-state index >= 15 is 0 Å². The van der Waals surface area contributed by atoms with Crippen LogP contribution in [0.15, 0.2) is 140 Å². The summed E-state index contributed by atoms with van der Waals surface area (Å²) in [4.78, 5) is 4.91. The molecule has 6 aromatic rings. The Balaban J connectivity index is 1.48. The van der Waals surface area contributed by atoms with E-state index in [9.17, 15) is 0 Å². The normalized spacial score (nSPS) is 13.2. The van der Waals surface area contributed by atoms with Crippen LogP contribution in [0.4, 0.5) is 34.1 Å². The fraction of sp³-hybridized carbons (Fsp3) is 0. The van der Waals surface area contributed by atoms with Crippen molar-refractivity contribution in [1.82, 2.24) is 0 Å². The highest BCUT2D eigenvalue weighted by molar-refractivity contribution is 7.00. The average molecular weight is 470 g/mol. The maximum Gasteiger partial charge on any atom is 0.252 e. The number of benzene rings is 6. The highest BCUT2D eigenvalue weighted by atomic mass is 15.2. The maximum absolute atomic E-state index is 2.48. The Labute approximate surface area is 217 Å². The molecule has 0 saturated carbocycles. The Morgan fingerprint density at radius 2 is 0.892 bits per heavy atom. The van der Waals surface area contributed by atoms with Crippen molar-refractivity contribution in [2.45, 2.75) is 0 Å². The first kappa shape index (κ1) is 20.4. The lowest BCUT2D eigenvalue weighted by atomic mass is 9.33. The van der Waals surface area contributed by atoms with Crippen LogP contribution in [-0.4, -0.2) is 6.71 Å². The fourth-order valence-corrected chi connectivity index (χ4v) is 6.35. The van der Waals surface area contributed by atoms with Gasteiger partial charge >= 0.3 is 0 Å². The van der Waals surface area contributed by atoms with Gasteiger partial charge in [0.2, 0.25) is 0 Å². The molecule has 0 aliphatic carbocycles. The van der Waals surface area contributed by atoms with Crippen LogP contribution >= 0.6 is 0 Å². The molecule has 2 aliphatic heterocycles. The SMILES string of the molecule is c1ccc(N2c3ccccc3B3c4ccccc4N(c4cccc5ccccc45)c4cccc2c43)cc1. The molecule has 2 nitrogen and oxygen atoms in total. The number of fused-ring (bicyclic) bond motifs is 5. The number of anilines is 6. The summed E-state index contributed by atoms with van der Waals surface area (Å²) >= 11 is 0. The van der Waals surface area contributed by atoms with Crippen molar-refractivity contribution in [2.75, 3.05) is 9.80 Å². The zero-order valence-electron chi connectivity index (χ0n) is 20.3. The first-order valence-electron chi connectivity index (χ1n) is 12.8. The van der Waals surface area contributed by atoms with Gasteiger partial charge in [0.05, 0.1) is 5.69 Å². The van der Waals surface area contributed by atoms with E-state index in [1.165, 1.54) is 61.3 Å². The number of rotatable bonds is 2. The number of hydrogen-bond acceptors (Lipinski definition) is 2. The molecule has 0 bridgehead atoms. The van der Waals surface area contributed by atoms with Gasteiger partial charge in [0.15, 0.2) is 0 Å². The maximum atomic E-state index is 2.48. The smallest absolute Gasteiger partial charge is 0.252 e. The summed E-state index contributed by atoms with van der Waals surface area (Å²) in [7, 11) is 0. The molecule has 0 atom stereocenters. The summed E-state index contributed by atoms with van der Waals surface area (Å²) in [6.07, 6.45) is 0. The molecule has 8 rings (SSSR count). The highest BCUT2D eigenvalue weighted by Gasteiger charge is 2.42. The monoisotopic (exact) mass is 470 g/mol. The van der Waals surface area contributed by atoms with Crippen molar-refractivity contribution >= 4 is 68.0 Å². The van der Waals surface area contributed by atoms with E-state index in [4.69, 9.17) is 0 Å². The van der Waals surface area contributed by atoms with E-state index in [2.05, 4.69) is 149 Å². The Morgan fingerprint density at radius 3 is 1.68 bits per heavy atom. The van der Waals surface area contributed by atoms with Crippen molar-refractivity contribution in [2.24, 2.45) is 0 Å². The molecular formula is C34H23BN2. The summed E-state index contributed by atoms with van der Waals surface area (Å²) in [6.45, 7) is 0.171. The van der Waals surface area contributed by atoms with Crippen molar-refractivity contribution in [1.29, 1.82) is 0 Å². The minimum absolute atomic E-state index is 0.171. The minimum Gasteiger partial charge on any atom is -0.311 e. The van der Waals surface area contributed by atoms with Crippen LogP contribution in [-0.2, 0) is 0 Å². The third kappa shape index (κ3) is 2.88. The quantitative estimate of drug-likeness (QED) is 0.253. The Kier molecular flexibility index (Phi) is 4.35. The van der Waals surface area contributed by atoms with E-state index in [1.54, 1.807) is 0 Å². The van der Waals surface area contributed by atoms with Crippen LogP contribution in [0.1, 0.15) is 0 Å². The number of para-hydroxylation sites is 3. The molecule has 0 radical (unpaired) electrons. The van der Waals surface area contributed by atoms with Crippen molar-refractivity contribution in [3.63, 3.8) is 0 Å². The third-order valence-electron chi connectivity index (χ3n) is 7.83. The third-order valence-corrected chi connectivity index (χ3v) is 7.83. The van der Waals surface area contributed by atoms with Crippen molar-refractivity contribution in [3.8, 4) is 0 Å². The largest absolute Gasteiger partial charge is 0.311 e. The van der Waals surface area contributed by atoms with Crippen LogP contribution in [0.3, 0.4) is 0 Å². The van der Waals surface area contributed by atoms with Gasteiger partial charge in [0.25, 0.3) is 6.71 Å². The number of hydrogen-bond donors (Lipinski definition) is 0. The lowest BCUT2D eigenvalue weighted by Gasteiger charge is -2.44. The van der Waals surface area contributed by atoms with E-state index in [-0.39, 0.29) is 6.71 Å². The topological polar surface area (TPSA) is 6.48 Å². The Morgan fingerprint density at radius 1 is 0.378 bits per heavy atom. The minimum atomic E-state index is 0.171. The van der Waals surface area contributed by atoms with Gasteiger partial charge in [0.1, 0.15) is 0 Å². The molecule has 0 spiro atoms. The van der Waals surface area contributed by atoms with E-state index < -0.39 is 0 Å². The summed E-state index contributed by atoms with van der Waals surface area (Å²) in [5.74, 6) is 0. The lowest BCUT2D eigenvalue weighted by Crippen LogP contribution is -2.61. The molecule has 172 valence electrons. The molecule has 2 heterocycles. The van der Waals surface area contributed by atoms with Crippen LogP contribution < -0.4 is 26.2 Å². The van der Waals surface area contributed by atoms with Crippen molar-refractivity contribution < 1.29 is 0 Å². The Bertz CT molecular complexity index is 1810. The number of nitrogens with zero attached hydrogens (tertiary/aromatic N) is 2. The lowest BCUT2D eigenvalue weighted by molar-refractivity contribution is 1.26. The molecule has 0 saturated heterocycles. The van der Waals surface area contributed by atoms with Gasteiger partial charge < -0.3 is 9.80 Å². The van der Waals surface area contributed by atoms with Crippen LogP contribution in [0.5, 0.6) is 0 Å². The summed E-state index contributed by atoms with van der Waals surface area (Å²) in [6, 6.07) is 50.7. The molecular weight excluding hydrogens is 447 g/mol. The fourth-order valence-electron chi connectivity index (χ4n) is 6.35. The van der Waals surface area contributed by atoms with Crippen LogP contribution in [0.2, 0.25) is 0 Å². The van der Waals surface area contributed by atoms with Crippen LogP contribution in [0, 0.1) is 0 Å². The van der Waals surface area contributed by atoms with Gasteiger partial charge in [-0.25, -0.2) is 0 Å². The predicted molar refractivity (Wildman–Crippen MR) is 158 cm³/mol. The zero-order valence-corrected chi connectivity index (χ0v) is 20.3. The summed E-state index contributed by atoms with van der Waals surface area (Å²) < 4.78 is 0. The standard InChI is InChI=1S/C34H23BN2/c1-2-14-25(15-3-1)36-30-19-8-6-17-27(30)35-28-18-7-9-20-31(28)37(33-23-11-22-32(36)34(33)35)29-21-10-13-24-12-4-5-16-26(24)29/h1-23H. The van der Waals surface area contributed by atoms with Gasteiger partial charge in [-0.1, -0.05) is 97.1 Å². The second-order valence-corrected chi connectivity index (χ2v) is 9.77. The second-order valence-electron chi connectivity index (χ2n) is 9.77. The van der Waals surface area contributed by atoms with E-state index in [0.29, 0.717) is 0 Å². The summed E-state index contributed by atoms with van der Waals surface area (Å²) in [5.41, 5.74) is 11.4. The van der Waals surface area contributed by atoms with Gasteiger partial charge in [0, 0.05) is 33.8 Å². The highest BCUT2D eigenvalue weighted by Crippen LogP contribution is 2.44. The predicted octanol–water partition coefficient (Wildman–Crippen LogP) is 6.92. The Hall–Kier alpha value is -4.76. The van der Waals surface area contributed by atoms with E-state index in [1.807, 2.05) is 0 Å². The van der Waals surface area contributed by atoms with Crippen molar-refractivity contribution in [3.05, 3.63) is 140 Å². The van der Waals surface area contributed by atoms with Gasteiger partial charge in [-0.2, -0.15) is 0 Å². The molecule has 0 aromatic heterocycles. The molecule has 37 heavy (non-hydrogen) atoms. The summed E-state index contributed by atoms with van der Waals surface area (Å²) in [5, 5.41) is 2.51. The molecule has 3 heteroatoms. The average Bonchev–Trinajstić information content (AvgIpc) is 2.97. The molecule has 0 amide bonds. The molecule has 0 unspecified atom stereocenters. The van der Waals surface area contributed by atoms with Gasteiger partial charge in [-0.05, 0) is 64.2 Å². The first-order chi connectivity index (χ1) is 18.4. The van der Waals surface area contributed by atoms with Crippen LogP contribution in [0.25, 0.3) is 10.8 Å². The molecule has 2 aliphatic rings. The molecule has 0 fully saturated rings. The van der Waals surface area contributed by atoms with Gasteiger partial charge in [-0.15, -0.1) is 0 Å². The van der Waals surface area contributed by atoms with E-state index in [0.717, 1.165) is 0 Å². The second kappa shape index (κ2) is 7.87. The van der Waals surface area contributed by atoms with Gasteiger partial charge in [-0.3, -0.25) is 0 Å². The first-order valence-corrected chi connectivity index (χ1v) is 12.8.